The van der Waals surface area contributed by atoms with Crippen LogP contribution in [0.5, 0.6) is 0 Å². The molecule has 1 heterocycles. The van der Waals surface area contributed by atoms with Gasteiger partial charge in [0.15, 0.2) is 0 Å². The van der Waals surface area contributed by atoms with Crippen LogP contribution in [0.15, 0.2) is 192 Å². The van der Waals surface area contributed by atoms with Gasteiger partial charge in [-0.2, -0.15) is 0 Å². The van der Waals surface area contributed by atoms with Crippen molar-refractivity contribution in [2.75, 3.05) is 4.90 Å². The fourth-order valence-corrected chi connectivity index (χ4v) is 7.80. The van der Waals surface area contributed by atoms with Crippen LogP contribution in [0.1, 0.15) is 0 Å². The normalized spacial score (nSPS) is 11.6. The lowest BCUT2D eigenvalue weighted by molar-refractivity contribution is 0.669. The number of hydrogen-bond acceptors (Lipinski definition) is 2. The van der Waals surface area contributed by atoms with E-state index >= 15 is 0 Å². The van der Waals surface area contributed by atoms with Crippen molar-refractivity contribution in [2.45, 2.75) is 0 Å². The van der Waals surface area contributed by atoms with Gasteiger partial charge in [-0.25, -0.2) is 0 Å². The topological polar surface area (TPSA) is 16.4 Å². The lowest BCUT2D eigenvalue weighted by Crippen LogP contribution is -2.11. The predicted octanol–water partition coefficient (Wildman–Crippen LogP) is 13.7. The Morgan fingerprint density at radius 3 is 1.42 bits per heavy atom. The van der Waals surface area contributed by atoms with E-state index in [1.165, 1.54) is 50.1 Å². The number of para-hydroxylation sites is 2. The molecular formula is C48H31NO. The van der Waals surface area contributed by atoms with Crippen molar-refractivity contribution in [3.63, 3.8) is 0 Å². The number of nitrogens with zero attached hydrogens (tertiary/aromatic N) is 1. The molecule has 2 nitrogen and oxygen atoms in total. The standard InChI is InChI=1S/C48H31NO/c1-2-14-32(15-3-1)35-16-10-12-24-46(35)49(34-27-29-48-45(31-34)43-23-11-13-25-47(43)50-48)33-26-28-42-40-21-7-6-19-38(40)36-17-4-5-18-37(36)39-20-8-9-22-41(39)44(42)30-33/h1-31H. The minimum Gasteiger partial charge on any atom is -0.456 e. The number of hydrogen-bond donors (Lipinski definition) is 0. The summed E-state index contributed by atoms with van der Waals surface area (Å²) < 4.78 is 6.27. The molecule has 10 rings (SSSR count). The summed E-state index contributed by atoms with van der Waals surface area (Å²) in [6.07, 6.45) is 0. The highest BCUT2D eigenvalue weighted by atomic mass is 16.3. The number of fused-ring (bicyclic) bond motifs is 11. The molecule has 0 radical (unpaired) electrons. The smallest absolute Gasteiger partial charge is 0.135 e. The van der Waals surface area contributed by atoms with Gasteiger partial charge < -0.3 is 9.32 Å². The molecule has 0 spiro atoms. The quantitative estimate of drug-likeness (QED) is 0.191. The van der Waals surface area contributed by atoms with Crippen molar-refractivity contribution >= 4 is 39.0 Å². The second kappa shape index (κ2) is 11.5. The molecule has 234 valence electrons. The van der Waals surface area contributed by atoms with Gasteiger partial charge in [-0.3, -0.25) is 0 Å². The van der Waals surface area contributed by atoms with Gasteiger partial charge in [0.25, 0.3) is 0 Å². The maximum Gasteiger partial charge on any atom is 0.135 e. The van der Waals surface area contributed by atoms with Crippen molar-refractivity contribution < 1.29 is 4.42 Å². The molecule has 1 aliphatic rings. The first-order chi connectivity index (χ1) is 24.8. The summed E-state index contributed by atoms with van der Waals surface area (Å²) in [5, 5.41) is 2.21. The number of furan rings is 1. The Bertz CT molecular complexity index is 2710. The molecule has 8 aromatic carbocycles. The largest absolute Gasteiger partial charge is 0.456 e. The van der Waals surface area contributed by atoms with Crippen molar-refractivity contribution in [1.82, 2.24) is 0 Å². The summed E-state index contributed by atoms with van der Waals surface area (Å²) in [5.74, 6) is 0. The molecule has 0 saturated carbocycles. The van der Waals surface area contributed by atoms with E-state index in [2.05, 4.69) is 181 Å². The molecular weight excluding hydrogens is 607 g/mol. The molecule has 0 fully saturated rings. The van der Waals surface area contributed by atoms with E-state index in [0.29, 0.717) is 0 Å². The van der Waals surface area contributed by atoms with Crippen LogP contribution < -0.4 is 4.90 Å². The van der Waals surface area contributed by atoms with Gasteiger partial charge in [0, 0.05) is 27.7 Å². The Kier molecular flexibility index (Phi) is 6.53. The summed E-state index contributed by atoms with van der Waals surface area (Å²) in [6.45, 7) is 0. The van der Waals surface area contributed by atoms with E-state index in [0.717, 1.165) is 44.6 Å². The zero-order chi connectivity index (χ0) is 33.0. The summed E-state index contributed by atoms with van der Waals surface area (Å²) in [5.41, 5.74) is 17.2. The Balaban J connectivity index is 1.26. The third kappa shape index (κ3) is 4.50. The van der Waals surface area contributed by atoms with Crippen molar-refractivity contribution in [3.05, 3.63) is 188 Å². The summed E-state index contributed by atoms with van der Waals surface area (Å²) >= 11 is 0. The minimum atomic E-state index is 0.883. The van der Waals surface area contributed by atoms with Crippen LogP contribution in [0.25, 0.3) is 77.6 Å². The van der Waals surface area contributed by atoms with E-state index in [1.807, 2.05) is 12.1 Å². The molecule has 1 aliphatic carbocycles. The third-order valence-electron chi connectivity index (χ3n) is 10.1. The van der Waals surface area contributed by atoms with Gasteiger partial charge in [-0.05, 0) is 92.5 Å². The van der Waals surface area contributed by atoms with E-state index in [1.54, 1.807) is 0 Å². The SMILES string of the molecule is c1ccc(-c2ccccc2N(c2ccc3c(c2)-c2ccccc2-c2ccccc2-c2ccccc2-3)c2ccc3oc4ccccc4c3c2)cc1. The van der Waals surface area contributed by atoms with Gasteiger partial charge in [-0.1, -0.05) is 146 Å². The summed E-state index contributed by atoms with van der Waals surface area (Å²) in [4.78, 5) is 2.41. The molecule has 0 bridgehead atoms. The molecule has 0 atom stereocenters. The zero-order valence-corrected chi connectivity index (χ0v) is 27.3. The second-order valence-corrected chi connectivity index (χ2v) is 12.9. The maximum absolute atomic E-state index is 6.27. The second-order valence-electron chi connectivity index (χ2n) is 12.9. The van der Waals surface area contributed by atoms with E-state index in [4.69, 9.17) is 4.42 Å². The highest BCUT2D eigenvalue weighted by molar-refractivity contribution is 6.08. The summed E-state index contributed by atoms with van der Waals surface area (Å²) in [7, 11) is 0. The Morgan fingerprint density at radius 1 is 0.300 bits per heavy atom. The lowest BCUT2D eigenvalue weighted by Gasteiger charge is -2.30. The van der Waals surface area contributed by atoms with Gasteiger partial charge in [0.05, 0.1) is 5.69 Å². The maximum atomic E-state index is 6.27. The molecule has 50 heavy (non-hydrogen) atoms. The van der Waals surface area contributed by atoms with Crippen LogP contribution >= 0.6 is 0 Å². The molecule has 0 unspecified atom stereocenters. The Labute approximate surface area is 291 Å². The minimum absolute atomic E-state index is 0.883. The first-order valence-corrected chi connectivity index (χ1v) is 17.1. The molecule has 0 amide bonds. The van der Waals surface area contributed by atoms with Crippen LogP contribution in [0.2, 0.25) is 0 Å². The van der Waals surface area contributed by atoms with Gasteiger partial charge in [0.2, 0.25) is 0 Å². The average Bonchev–Trinajstić information content (AvgIpc) is 3.56. The molecule has 1 aromatic heterocycles. The van der Waals surface area contributed by atoms with Gasteiger partial charge in [0.1, 0.15) is 11.2 Å². The van der Waals surface area contributed by atoms with Crippen molar-refractivity contribution in [2.24, 2.45) is 0 Å². The number of anilines is 3. The Hall–Kier alpha value is -6.64. The fraction of sp³-hybridized carbons (Fsp3) is 0. The lowest BCUT2D eigenvalue weighted by atomic mass is 9.81. The first-order valence-electron chi connectivity index (χ1n) is 17.1. The molecule has 0 saturated heterocycles. The van der Waals surface area contributed by atoms with Crippen LogP contribution in [0.4, 0.5) is 17.1 Å². The van der Waals surface area contributed by atoms with Gasteiger partial charge >= 0.3 is 0 Å². The average molecular weight is 638 g/mol. The monoisotopic (exact) mass is 637 g/mol. The zero-order valence-electron chi connectivity index (χ0n) is 27.3. The van der Waals surface area contributed by atoms with Crippen LogP contribution in [-0.4, -0.2) is 0 Å². The first kappa shape index (κ1) is 28.4. The summed E-state index contributed by atoms with van der Waals surface area (Å²) in [6, 6.07) is 67.7. The van der Waals surface area contributed by atoms with Crippen molar-refractivity contribution in [1.29, 1.82) is 0 Å². The highest BCUT2D eigenvalue weighted by Crippen LogP contribution is 2.50. The predicted molar refractivity (Wildman–Crippen MR) is 209 cm³/mol. The molecule has 2 heteroatoms. The van der Waals surface area contributed by atoms with E-state index in [-0.39, 0.29) is 0 Å². The van der Waals surface area contributed by atoms with Crippen LogP contribution in [0.3, 0.4) is 0 Å². The molecule has 9 aromatic rings. The van der Waals surface area contributed by atoms with Crippen LogP contribution in [0, 0.1) is 0 Å². The highest BCUT2D eigenvalue weighted by Gasteiger charge is 2.24. The molecule has 0 aliphatic heterocycles. The molecule has 0 N–H and O–H groups in total. The number of rotatable bonds is 4. The van der Waals surface area contributed by atoms with Crippen molar-refractivity contribution in [3.8, 4) is 55.6 Å². The Morgan fingerprint density at radius 2 is 0.760 bits per heavy atom. The van der Waals surface area contributed by atoms with Gasteiger partial charge in [-0.15, -0.1) is 0 Å². The third-order valence-corrected chi connectivity index (χ3v) is 10.1. The van der Waals surface area contributed by atoms with Crippen LogP contribution in [-0.2, 0) is 0 Å². The van der Waals surface area contributed by atoms with E-state index < -0.39 is 0 Å². The fourth-order valence-electron chi connectivity index (χ4n) is 7.80. The number of benzene rings is 8. The van der Waals surface area contributed by atoms with E-state index in [9.17, 15) is 0 Å².